The van der Waals surface area contributed by atoms with Gasteiger partial charge in [0, 0.05) is 30.2 Å². The average molecular weight is 331 g/mol. The predicted octanol–water partition coefficient (Wildman–Crippen LogP) is 3.35. The summed E-state index contributed by atoms with van der Waals surface area (Å²) in [6.07, 6.45) is 3.85. The molecule has 1 aromatic carbocycles. The number of hydrogen-bond acceptors (Lipinski definition) is 3. The minimum absolute atomic E-state index is 0. The van der Waals surface area contributed by atoms with Gasteiger partial charge >= 0.3 is 0 Å². The van der Waals surface area contributed by atoms with Gasteiger partial charge in [0.1, 0.15) is 5.75 Å². The Morgan fingerprint density at radius 2 is 2.10 bits per heavy atom. The van der Waals surface area contributed by atoms with Gasteiger partial charge in [-0.2, -0.15) is 0 Å². The Morgan fingerprint density at radius 3 is 2.90 bits per heavy atom. The molecule has 0 atom stereocenters. The van der Waals surface area contributed by atoms with Crippen molar-refractivity contribution in [1.82, 2.24) is 10.2 Å². The molecule has 1 aliphatic carbocycles. The van der Waals surface area contributed by atoms with E-state index >= 15 is 0 Å². The summed E-state index contributed by atoms with van der Waals surface area (Å²) in [6.45, 7) is 6.21. The fourth-order valence-electron chi connectivity index (χ4n) is 2.61. The molecule has 2 aliphatic rings. The molecule has 21 heavy (non-hydrogen) atoms. The predicted molar refractivity (Wildman–Crippen MR) is 89.7 cm³/mol. The van der Waals surface area contributed by atoms with Gasteiger partial charge in [0.25, 0.3) is 0 Å². The summed E-state index contributed by atoms with van der Waals surface area (Å²) in [5.74, 6) is 1.79. The zero-order valence-corrected chi connectivity index (χ0v) is 13.9. The van der Waals surface area contributed by atoms with Crippen LogP contribution in [0, 0.1) is 5.92 Å². The third-order valence-electron chi connectivity index (χ3n) is 4.02. The number of halogens is 2. The molecule has 1 saturated heterocycles. The molecule has 0 spiro atoms. The molecule has 0 amide bonds. The molecule has 3 nitrogen and oxygen atoms in total. The monoisotopic (exact) mass is 330 g/mol. The quantitative estimate of drug-likeness (QED) is 0.896. The Hall–Kier alpha value is -0.480. The van der Waals surface area contributed by atoms with Crippen LogP contribution in [0.1, 0.15) is 24.8 Å². The lowest BCUT2D eigenvalue weighted by molar-refractivity contribution is 0.264. The van der Waals surface area contributed by atoms with Crippen molar-refractivity contribution in [3.8, 4) is 5.75 Å². The normalized spacial score (nSPS) is 19.7. The van der Waals surface area contributed by atoms with E-state index in [0.717, 1.165) is 56.0 Å². The van der Waals surface area contributed by atoms with E-state index in [2.05, 4.69) is 16.3 Å². The fourth-order valence-corrected chi connectivity index (χ4v) is 2.80. The van der Waals surface area contributed by atoms with E-state index in [4.69, 9.17) is 16.3 Å². The van der Waals surface area contributed by atoms with Gasteiger partial charge in [0.2, 0.25) is 0 Å². The van der Waals surface area contributed by atoms with Crippen molar-refractivity contribution in [2.45, 2.75) is 25.8 Å². The standard InChI is InChI=1S/C16H23ClN2O.ClH/c17-15-4-5-16(20-12-13-2-3-13)14(10-15)11-19-8-1-6-18-7-9-19;/h4-5,10,13,18H,1-3,6-9,11-12H2;1H. The molecule has 2 fully saturated rings. The Kier molecular flexibility index (Phi) is 6.62. The van der Waals surface area contributed by atoms with Gasteiger partial charge in [0.15, 0.2) is 0 Å². The van der Waals surface area contributed by atoms with Gasteiger partial charge in [-0.25, -0.2) is 0 Å². The largest absolute Gasteiger partial charge is 0.493 e. The number of hydrogen-bond donors (Lipinski definition) is 1. The van der Waals surface area contributed by atoms with Crippen molar-refractivity contribution in [3.63, 3.8) is 0 Å². The Morgan fingerprint density at radius 1 is 1.24 bits per heavy atom. The first-order valence-corrected chi connectivity index (χ1v) is 8.03. The van der Waals surface area contributed by atoms with E-state index in [1.807, 2.05) is 12.1 Å². The van der Waals surface area contributed by atoms with E-state index in [9.17, 15) is 0 Å². The maximum absolute atomic E-state index is 6.16. The molecule has 1 aliphatic heterocycles. The van der Waals surface area contributed by atoms with Crippen LogP contribution in [0.3, 0.4) is 0 Å². The second kappa shape index (κ2) is 8.23. The van der Waals surface area contributed by atoms with Crippen LogP contribution in [0.4, 0.5) is 0 Å². The number of benzene rings is 1. The summed E-state index contributed by atoms with van der Waals surface area (Å²) in [5, 5.41) is 4.24. The van der Waals surface area contributed by atoms with Crippen LogP contribution in [0.25, 0.3) is 0 Å². The highest BCUT2D eigenvalue weighted by atomic mass is 35.5. The summed E-state index contributed by atoms with van der Waals surface area (Å²) < 4.78 is 5.99. The molecule has 118 valence electrons. The van der Waals surface area contributed by atoms with Gasteiger partial charge in [-0.15, -0.1) is 12.4 Å². The van der Waals surface area contributed by atoms with Crippen molar-refractivity contribution < 1.29 is 4.74 Å². The van der Waals surface area contributed by atoms with Gasteiger partial charge < -0.3 is 10.1 Å². The second-order valence-electron chi connectivity index (χ2n) is 5.89. The highest BCUT2D eigenvalue weighted by Gasteiger charge is 2.22. The summed E-state index contributed by atoms with van der Waals surface area (Å²) in [4.78, 5) is 2.48. The third-order valence-corrected chi connectivity index (χ3v) is 4.26. The van der Waals surface area contributed by atoms with Crippen molar-refractivity contribution in [1.29, 1.82) is 0 Å². The lowest BCUT2D eigenvalue weighted by Crippen LogP contribution is -2.27. The van der Waals surface area contributed by atoms with Crippen LogP contribution >= 0.6 is 24.0 Å². The van der Waals surface area contributed by atoms with Gasteiger partial charge in [0.05, 0.1) is 6.61 Å². The highest BCUT2D eigenvalue weighted by Crippen LogP contribution is 2.31. The van der Waals surface area contributed by atoms with Gasteiger partial charge in [-0.1, -0.05) is 11.6 Å². The Balaban J connectivity index is 0.00000161. The minimum atomic E-state index is 0. The topological polar surface area (TPSA) is 24.5 Å². The molecule has 3 rings (SSSR count). The second-order valence-corrected chi connectivity index (χ2v) is 6.32. The van der Waals surface area contributed by atoms with Gasteiger partial charge in [-0.05, 0) is 56.5 Å². The third kappa shape index (κ3) is 5.33. The van der Waals surface area contributed by atoms with Crippen molar-refractivity contribution in [2.24, 2.45) is 5.92 Å². The van der Waals surface area contributed by atoms with Crippen molar-refractivity contribution in [2.75, 3.05) is 32.8 Å². The Labute approximate surface area is 138 Å². The fraction of sp³-hybridized carbons (Fsp3) is 0.625. The van der Waals surface area contributed by atoms with Crippen LogP contribution in [-0.2, 0) is 6.54 Å². The van der Waals surface area contributed by atoms with E-state index in [1.54, 1.807) is 0 Å². The molecule has 5 heteroatoms. The SMILES string of the molecule is Cl.Clc1ccc(OCC2CC2)c(CN2CCCNCC2)c1. The maximum Gasteiger partial charge on any atom is 0.123 e. The number of nitrogens with zero attached hydrogens (tertiary/aromatic N) is 1. The maximum atomic E-state index is 6.16. The molecule has 0 bridgehead atoms. The number of rotatable bonds is 5. The molecular formula is C16H24Cl2N2O. The first kappa shape index (κ1) is 16.9. The average Bonchev–Trinajstić information content (AvgIpc) is 3.25. The minimum Gasteiger partial charge on any atom is -0.493 e. The van der Waals surface area contributed by atoms with E-state index < -0.39 is 0 Å². The molecule has 1 saturated carbocycles. The molecule has 1 heterocycles. The summed E-state index contributed by atoms with van der Waals surface area (Å²) >= 11 is 6.16. The summed E-state index contributed by atoms with van der Waals surface area (Å²) in [7, 11) is 0. The molecule has 1 N–H and O–H groups in total. The molecular weight excluding hydrogens is 307 g/mol. The van der Waals surface area contributed by atoms with E-state index in [-0.39, 0.29) is 12.4 Å². The van der Waals surface area contributed by atoms with Crippen LogP contribution in [0.5, 0.6) is 5.75 Å². The zero-order chi connectivity index (χ0) is 13.8. The summed E-state index contributed by atoms with van der Waals surface area (Å²) in [6, 6.07) is 6.01. The van der Waals surface area contributed by atoms with Crippen molar-refractivity contribution >= 4 is 24.0 Å². The van der Waals surface area contributed by atoms with Crippen LogP contribution in [0.15, 0.2) is 18.2 Å². The Bertz CT molecular complexity index is 444. The van der Waals surface area contributed by atoms with Crippen molar-refractivity contribution in [3.05, 3.63) is 28.8 Å². The van der Waals surface area contributed by atoms with E-state index in [1.165, 1.54) is 24.8 Å². The first-order valence-electron chi connectivity index (χ1n) is 7.65. The van der Waals surface area contributed by atoms with Gasteiger partial charge in [-0.3, -0.25) is 4.90 Å². The lowest BCUT2D eigenvalue weighted by atomic mass is 10.2. The van der Waals surface area contributed by atoms with Crippen LogP contribution in [-0.4, -0.2) is 37.7 Å². The molecule has 1 aromatic rings. The number of ether oxygens (including phenoxy) is 1. The smallest absolute Gasteiger partial charge is 0.123 e. The molecule has 0 aromatic heterocycles. The molecule has 0 radical (unpaired) electrons. The zero-order valence-electron chi connectivity index (χ0n) is 12.3. The molecule has 0 unspecified atom stereocenters. The lowest BCUT2D eigenvalue weighted by Gasteiger charge is -2.21. The van der Waals surface area contributed by atoms with E-state index in [0.29, 0.717) is 0 Å². The number of nitrogens with one attached hydrogen (secondary N) is 1. The summed E-state index contributed by atoms with van der Waals surface area (Å²) in [5.41, 5.74) is 1.22. The van der Waals surface area contributed by atoms with Crippen LogP contribution in [0.2, 0.25) is 5.02 Å². The first-order chi connectivity index (χ1) is 9.81. The highest BCUT2D eigenvalue weighted by molar-refractivity contribution is 6.30. The van der Waals surface area contributed by atoms with Crippen LogP contribution < -0.4 is 10.1 Å².